The van der Waals surface area contributed by atoms with Crippen molar-refractivity contribution in [2.45, 2.75) is 25.9 Å². The molecule has 7 nitrogen and oxygen atoms in total. The lowest BCUT2D eigenvalue weighted by Gasteiger charge is -2.08. The Balaban J connectivity index is 1.49. The molecule has 1 aromatic carbocycles. The summed E-state index contributed by atoms with van der Waals surface area (Å²) < 4.78 is 4.02. The highest BCUT2D eigenvalue weighted by Gasteiger charge is 2.17. The number of nitrogens with zero attached hydrogens (tertiary/aromatic N) is 5. The molecule has 4 rings (SSSR count). The number of fused-ring (bicyclic) bond motifs is 1. The highest BCUT2D eigenvalue weighted by molar-refractivity contribution is 5.95. The molecule has 1 aliphatic heterocycles. The van der Waals surface area contributed by atoms with Gasteiger partial charge in [-0.05, 0) is 18.6 Å². The van der Waals surface area contributed by atoms with E-state index in [1.54, 1.807) is 12.5 Å². The number of carbonyl (C=O) groups excluding carboxylic acids is 1. The molecule has 1 N–H and O–H groups in total. The summed E-state index contributed by atoms with van der Waals surface area (Å²) in [4.78, 5) is 16.6. The third kappa shape index (κ3) is 2.58. The fourth-order valence-electron chi connectivity index (χ4n) is 3.06. The van der Waals surface area contributed by atoms with Gasteiger partial charge in [-0.15, -0.1) is 10.2 Å². The van der Waals surface area contributed by atoms with Crippen LogP contribution in [0.3, 0.4) is 0 Å². The Morgan fingerprint density at radius 1 is 1.33 bits per heavy atom. The van der Waals surface area contributed by atoms with E-state index in [1.807, 2.05) is 35.9 Å². The van der Waals surface area contributed by atoms with Crippen LogP contribution in [-0.2, 0) is 26.6 Å². The predicted octanol–water partition coefficient (Wildman–Crippen LogP) is 1.55. The zero-order chi connectivity index (χ0) is 16.5. The Morgan fingerprint density at radius 2 is 2.25 bits per heavy atom. The van der Waals surface area contributed by atoms with Crippen LogP contribution < -0.4 is 5.32 Å². The van der Waals surface area contributed by atoms with Crippen LogP contribution in [0.5, 0.6) is 0 Å². The van der Waals surface area contributed by atoms with Gasteiger partial charge in [-0.1, -0.05) is 12.1 Å². The first kappa shape index (κ1) is 14.6. The molecule has 1 amide bonds. The molecule has 0 saturated heterocycles. The van der Waals surface area contributed by atoms with Gasteiger partial charge in [-0.2, -0.15) is 0 Å². The zero-order valence-electron chi connectivity index (χ0n) is 13.4. The molecule has 2 aromatic heterocycles. The molecular weight excluding hydrogens is 304 g/mol. The molecule has 0 unspecified atom stereocenters. The Hall–Kier alpha value is -2.96. The number of aryl methyl sites for hydroxylation is 2. The first-order valence-electron chi connectivity index (χ1n) is 7.98. The van der Waals surface area contributed by atoms with E-state index < -0.39 is 0 Å². The average Bonchev–Trinajstić information content (AvgIpc) is 3.30. The minimum atomic E-state index is -0.116. The summed E-state index contributed by atoms with van der Waals surface area (Å²) in [6.07, 6.45) is 5.59. The monoisotopic (exact) mass is 322 g/mol. The van der Waals surface area contributed by atoms with E-state index in [0.29, 0.717) is 12.1 Å². The SMILES string of the molecule is Cn1cncc1-c1cccc(C(=O)NCc2nnc3n2CCC3)c1. The van der Waals surface area contributed by atoms with Gasteiger partial charge in [0.1, 0.15) is 5.82 Å². The second kappa shape index (κ2) is 5.92. The minimum absolute atomic E-state index is 0.116. The molecule has 0 radical (unpaired) electrons. The molecule has 24 heavy (non-hydrogen) atoms. The predicted molar refractivity (Wildman–Crippen MR) is 88.2 cm³/mol. The van der Waals surface area contributed by atoms with Crippen LogP contribution in [0.15, 0.2) is 36.8 Å². The molecule has 0 saturated carbocycles. The second-order valence-corrected chi connectivity index (χ2v) is 5.94. The Labute approximate surface area is 139 Å². The molecule has 1 aliphatic rings. The highest BCUT2D eigenvalue weighted by atomic mass is 16.1. The van der Waals surface area contributed by atoms with Crippen molar-refractivity contribution in [3.63, 3.8) is 0 Å². The van der Waals surface area contributed by atoms with Crippen LogP contribution >= 0.6 is 0 Å². The van der Waals surface area contributed by atoms with Crippen molar-refractivity contribution in [2.24, 2.45) is 7.05 Å². The third-order valence-electron chi connectivity index (χ3n) is 4.33. The van der Waals surface area contributed by atoms with Crippen LogP contribution in [0.1, 0.15) is 28.4 Å². The van der Waals surface area contributed by atoms with Gasteiger partial charge in [-0.25, -0.2) is 4.98 Å². The number of nitrogens with one attached hydrogen (secondary N) is 1. The van der Waals surface area contributed by atoms with E-state index in [-0.39, 0.29) is 5.91 Å². The minimum Gasteiger partial charge on any atom is -0.345 e. The zero-order valence-corrected chi connectivity index (χ0v) is 13.4. The van der Waals surface area contributed by atoms with Crippen LogP contribution in [0.4, 0.5) is 0 Å². The summed E-state index contributed by atoms with van der Waals surface area (Å²) in [6, 6.07) is 7.54. The summed E-state index contributed by atoms with van der Waals surface area (Å²) in [5.74, 6) is 1.71. The molecule has 0 aliphatic carbocycles. The first-order chi connectivity index (χ1) is 11.7. The van der Waals surface area contributed by atoms with Gasteiger partial charge in [0.25, 0.3) is 5.91 Å². The van der Waals surface area contributed by atoms with Crippen LogP contribution in [0.2, 0.25) is 0 Å². The number of hydrogen-bond donors (Lipinski definition) is 1. The molecular formula is C17H18N6O. The number of carbonyl (C=O) groups is 1. The number of amides is 1. The van der Waals surface area contributed by atoms with Gasteiger partial charge in [0, 0.05) is 31.1 Å². The Bertz CT molecular complexity index is 894. The smallest absolute Gasteiger partial charge is 0.251 e. The van der Waals surface area contributed by atoms with Crippen LogP contribution in [0.25, 0.3) is 11.3 Å². The van der Waals surface area contributed by atoms with Gasteiger partial charge in [0.15, 0.2) is 5.82 Å². The largest absolute Gasteiger partial charge is 0.345 e. The molecule has 3 aromatic rings. The fourth-order valence-corrected chi connectivity index (χ4v) is 3.06. The number of rotatable bonds is 4. The Kier molecular flexibility index (Phi) is 3.60. The van der Waals surface area contributed by atoms with E-state index in [9.17, 15) is 4.79 Å². The topological polar surface area (TPSA) is 77.6 Å². The van der Waals surface area contributed by atoms with Crippen LogP contribution in [0, 0.1) is 0 Å². The van der Waals surface area contributed by atoms with E-state index in [2.05, 4.69) is 25.1 Å². The van der Waals surface area contributed by atoms with Crippen molar-refractivity contribution < 1.29 is 4.79 Å². The second-order valence-electron chi connectivity index (χ2n) is 5.94. The average molecular weight is 322 g/mol. The van der Waals surface area contributed by atoms with Crippen LogP contribution in [-0.4, -0.2) is 30.2 Å². The summed E-state index contributed by atoms with van der Waals surface area (Å²) in [5.41, 5.74) is 2.56. The Morgan fingerprint density at radius 3 is 3.08 bits per heavy atom. The van der Waals surface area contributed by atoms with Crippen molar-refractivity contribution in [1.29, 1.82) is 0 Å². The number of aromatic nitrogens is 5. The molecule has 7 heteroatoms. The van der Waals surface area contributed by atoms with Gasteiger partial charge in [-0.3, -0.25) is 4.79 Å². The summed E-state index contributed by atoms with van der Waals surface area (Å²) in [6.45, 7) is 1.32. The quantitative estimate of drug-likeness (QED) is 0.790. The van der Waals surface area contributed by atoms with E-state index in [0.717, 1.165) is 42.3 Å². The van der Waals surface area contributed by atoms with E-state index >= 15 is 0 Å². The third-order valence-corrected chi connectivity index (χ3v) is 4.33. The normalized spacial score (nSPS) is 13.0. The first-order valence-corrected chi connectivity index (χ1v) is 7.98. The van der Waals surface area contributed by atoms with Gasteiger partial charge in [0.2, 0.25) is 0 Å². The number of hydrogen-bond acceptors (Lipinski definition) is 4. The molecule has 0 atom stereocenters. The molecule has 122 valence electrons. The van der Waals surface area contributed by atoms with Gasteiger partial charge >= 0.3 is 0 Å². The number of benzene rings is 1. The standard InChI is InChI=1S/C17H18N6O/c1-22-11-18-9-14(22)12-4-2-5-13(8-12)17(24)19-10-16-21-20-15-6-3-7-23(15)16/h2,4-5,8-9,11H,3,6-7,10H2,1H3,(H,19,24). The molecule has 0 bridgehead atoms. The fraction of sp³-hybridized carbons (Fsp3) is 0.294. The summed E-state index contributed by atoms with van der Waals surface area (Å²) in [7, 11) is 1.93. The lowest BCUT2D eigenvalue weighted by atomic mass is 10.1. The van der Waals surface area contributed by atoms with E-state index in [1.165, 1.54) is 0 Å². The highest BCUT2D eigenvalue weighted by Crippen LogP contribution is 2.19. The molecule has 0 spiro atoms. The van der Waals surface area contributed by atoms with Crippen molar-refractivity contribution >= 4 is 5.91 Å². The molecule has 0 fully saturated rings. The van der Waals surface area contributed by atoms with Gasteiger partial charge in [0.05, 0.1) is 24.8 Å². The van der Waals surface area contributed by atoms with Crippen molar-refractivity contribution in [3.05, 3.63) is 54.0 Å². The lowest BCUT2D eigenvalue weighted by Crippen LogP contribution is -2.24. The maximum atomic E-state index is 12.5. The molecule has 3 heterocycles. The van der Waals surface area contributed by atoms with Crippen molar-refractivity contribution in [3.8, 4) is 11.3 Å². The van der Waals surface area contributed by atoms with Crippen molar-refractivity contribution in [1.82, 2.24) is 29.6 Å². The number of imidazole rings is 1. The lowest BCUT2D eigenvalue weighted by molar-refractivity contribution is 0.0949. The van der Waals surface area contributed by atoms with E-state index in [4.69, 9.17) is 0 Å². The summed E-state index contributed by atoms with van der Waals surface area (Å²) in [5, 5.41) is 11.3. The van der Waals surface area contributed by atoms with Gasteiger partial charge < -0.3 is 14.5 Å². The van der Waals surface area contributed by atoms with Crippen molar-refractivity contribution in [2.75, 3.05) is 0 Å². The summed E-state index contributed by atoms with van der Waals surface area (Å²) >= 11 is 0. The maximum absolute atomic E-state index is 12.5. The maximum Gasteiger partial charge on any atom is 0.251 e.